The van der Waals surface area contributed by atoms with Crippen molar-refractivity contribution in [3.63, 3.8) is 0 Å². The van der Waals surface area contributed by atoms with Crippen molar-refractivity contribution in [3.05, 3.63) is 96.2 Å². The molecule has 0 bridgehead atoms. The lowest BCUT2D eigenvalue weighted by Gasteiger charge is -2.26. The minimum atomic E-state index is -3.76. The number of benzene rings is 3. The van der Waals surface area contributed by atoms with Gasteiger partial charge in [0.1, 0.15) is 5.82 Å². The summed E-state index contributed by atoms with van der Waals surface area (Å²) in [6.07, 6.45) is 5.82. The van der Waals surface area contributed by atoms with E-state index in [2.05, 4.69) is 9.55 Å². The molecule has 0 aliphatic carbocycles. The molecule has 2 aliphatic rings. The molecule has 1 unspecified atom stereocenters. The Hall–Kier alpha value is -3.69. The molecular formula is C28H26FN3O4S. The largest absolute Gasteiger partial charge is 0.454 e. The minimum Gasteiger partial charge on any atom is -0.454 e. The van der Waals surface area contributed by atoms with Crippen LogP contribution >= 0.6 is 0 Å². The number of nitrogens with zero attached hydrogens (tertiary/aromatic N) is 3. The highest BCUT2D eigenvalue weighted by Gasteiger charge is 2.38. The number of imidazole rings is 1. The Morgan fingerprint density at radius 1 is 1.00 bits per heavy atom. The third kappa shape index (κ3) is 4.49. The Morgan fingerprint density at radius 3 is 2.68 bits per heavy atom. The molecule has 1 aromatic heterocycles. The Balaban J connectivity index is 1.30. The normalized spacial score (nSPS) is 17.4. The lowest BCUT2D eigenvalue weighted by Crippen LogP contribution is -2.31. The predicted molar refractivity (Wildman–Crippen MR) is 136 cm³/mol. The van der Waals surface area contributed by atoms with Gasteiger partial charge in [-0.05, 0) is 54.7 Å². The third-order valence-corrected chi connectivity index (χ3v) is 8.92. The molecule has 6 rings (SSSR count). The van der Waals surface area contributed by atoms with E-state index in [1.54, 1.807) is 41.0 Å². The second kappa shape index (κ2) is 9.64. The van der Waals surface area contributed by atoms with Crippen molar-refractivity contribution in [1.82, 2.24) is 13.9 Å². The molecular weight excluding hydrogens is 493 g/mol. The van der Waals surface area contributed by atoms with Crippen molar-refractivity contribution >= 4 is 10.0 Å². The number of sulfonamides is 1. The van der Waals surface area contributed by atoms with Crippen LogP contribution < -0.4 is 9.47 Å². The molecule has 2 aliphatic heterocycles. The highest BCUT2D eigenvalue weighted by atomic mass is 32.2. The molecule has 190 valence electrons. The molecule has 0 N–H and O–H groups in total. The first kappa shape index (κ1) is 23.7. The zero-order valence-electron chi connectivity index (χ0n) is 20.1. The van der Waals surface area contributed by atoms with E-state index in [1.165, 1.54) is 12.1 Å². The molecule has 4 aromatic rings. The van der Waals surface area contributed by atoms with E-state index >= 15 is 0 Å². The van der Waals surface area contributed by atoms with Crippen molar-refractivity contribution < 1.29 is 22.3 Å². The maximum Gasteiger partial charge on any atom is 0.243 e. The van der Waals surface area contributed by atoms with E-state index in [-0.39, 0.29) is 23.5 Å². The summed E-state index contributed by atoms with van der Waals surface area (Å²) >= 11 is 0. The van der Waals surface area contributed by atoms with E-state index in [1.807, 2.05) is 30.5 Å². The van der Waals surface area contributed by atoms with Gasteiger partial charge in [-0.25, -0.2) is 17.8 Å². The molecule has 3 heterocycles. The quantitative estimate of drug-likeness (QED) is 0.336. The van der Waals surface area contributed by atoms with Gasteiger partial charge in [0.05, 0.1) is 29.2 Å². The van der Waals surface area contributed by atoms with Crippen LogP contribution in [0.15, 0.2) is 84.1 Å². The zero-order chi connectivity index (χ0) is 25.4. The van der Waals surface area contributed by atoms with Crippen LogP contribution in [-0.2, 0) is 23.0 Å². The molecule has 0 spiro atoms. The summed E-state index contributed by atoms with van der Waals surface area (Å²) in [5.74, 6) is 0.747. The van der Waals surface area contributed by atoms with Gasteiger partial charge in [-0.3, -0.25) is 0 Å². The summed E-state index contributed by atoms with van der Waals surface area (Å²) in [4.78, 5) is 4.59. The number of rotatable bonds is 7. The fourth-order valence-electron chi connectivity index (χ4n) is 5.16. The van der Waals surface area contributed by atoms with E-state index in [9.17, 15) is 12.8 Å². The van der Waals surface area contributed by atoms with Crippen LogP contribution in [0, 0.1) is 5.82 Å². The molecule has 37 heavy (non-hydrogen) atoms. The number of aromatic nitrogens is 2. The van der Waals surface area contributed by atoms with Crippen LogP contribution in [0.1, 0.15) is 30.0 Å². The predicted octanol–water partition coefficient (Wildman–Crippen LogP) is 5.19. The highest BCUT2D eigenvalue weighted by Crippen LogP contribution is 2.42. The lowest BCUT2D eigenvalue weighted by atomic mass is 9.97. The zero-order valence-corrected chi connectivity index (χ0v) is 20.9. The van der Waals surface area contributed by atoms with E-state index in [0.29, 0.717) is 24.6 Å². The smallest absolute Gasteiger partial charge is 0.243 e. The first-order valence-electron chi connectivity index (χ1n) is 12.3. The second-order valence-corrected chi connectivity index (χ2v) is 11.1. The summed E-state index contributed by atoms with van der Waals surface area (Å²) in [5, 5.41) is 0. The van der Waals surface area contributed by atoms with Gasteiger partial charge in [0.2, 0.25) is 16.8 Å². The molecule has 0 saturated carbocycles. The van der Waals surface area contributed by atoms with Crippen molar-refractivity contribution in [2.24, 2.45) is 0 Å². The Bertz CT molecular complexity index is 1540. The van der Waals surface area contributed by atoms with Gasteiger partial charge < -0.3 is 14.0 Å². The SMILES string of the molecule is O=S(=O)(c1ccc2c(c1)OCO2)N1CCCC1c1ccccc1-c1cncn1CCc1ccc(F)cc1. The minimum absolute atomic E-state index is 0.0907. The fraction of sp³-hybridized carbons (Fsp3) is 0.250. The number of halogens is 1. The number of hydrogen-bond acceptors (Lipinski definition) is 5. The second-order valence-electron chi connectivity index (χ2n) is 9.22. The van der Waals surface area contributed by atoms with Gasteiger partial charge >= 0.3 is 0 Å². The summed E-state index contributed by atoms with van der Waals surface area (Å²) in [6.45, 7) is 1.20. The maximum absolute atomic E-state index is 13.8. The molecule has 1 saturated heterocycles. The number of fused-ring (bicyclic) bond motifs is 1. The molecule has 7 nitrogen and oxygen atoms in total. The monoisotopic (exact) mass is 519 g/mol. The van der Waals surface area contributed by atoms with Crippen LogP contribution in [0.5, 0.6) is 11.5 Å². The van der Waals surface area contributed by atoms with Gasteiger partial charge in [-0.2, -0.15) is 4.31 Å². The van der Waals surface area contributed by atoms with Crippen molar-refractivity contribution in [2.75, 3.05) is 13.3 Å². The van der Waals surface area contributed by atoms with Crippen LogP contribution in [0.2, 0.25) is 0 Å². The molecule has 0 radical (unpaired) electrons. The summed E-state index contributed by atoms with van der Waals surface area (Å²) in [6, 6.07) is 18.9. The lowest BCUT2D eigenvalue weighted by molar-refractivity contribution is 0.174. The third-order valence-electron chi connectivity index (χ3n) is 7.02. The number of ether oxygens (including phenoxy) is 2. The standard InChI is InChI=1S/C28H26FN3O4S/c29-21-9-7-20(8-10-21)13-15-31-18-30-17-26(31)24-5-2-1-4-23(24)25-6-3-14-32(25)37(33,34)22-11-12-27-28(16-22)36-19-35-27/h1-2,4-5,7-12,16-18,25H,3,6,13-15,19H2. The Labute approximate surface area is 215 Å². The first-order chi connectivity index (χ1) is 18.0. The van der Waals surface area contributed by atoms with Gasteiger partial charge in [0.15, 0.2) is 11.5 Å². The average molecular weight is 520 g/mol. The molecule has 1 fully saturated rings. The number of hydrogen-bond donors (Lipinski definition) is 0. The first-order valence-corrected chi connectivity index (χ1v) is 13.7. The Kier molecular flexibility index (Phi) is 6.18. The van der Waals surface area contributed by atoms with Crippen molar-refractivity contribution in [2.45, 2.75) is 36.7 Å². The summed E-state index contributed by atoms with van der Waals surface area (Å²) in [7, 11) is -3.76. The van der Waals surface area contributed by atoms with E-state index in [0.717, 1.165) is 41.6 Å². The molecule has 3 aromatic carbocycles. The highest BCUT2D eigenvalue weighted by molar-refractivity contribution is 7.89. The Morgan fingerprint density at radius 2 is 1.81 bits per heavy atom. The van der Waals surface area contributed by atoms with E-state index < -0.39 is 10.0 Å². The van der Waals surface area contributed by atoms with Crippen molar-refractivity contribution in [3.8, 4) is 22.8 Å². The van der Waals surface area contributed by atoms with Gasteiger partial charge in [0, 0.05) is 24.7 Å². The van der Waals surface area contributed by atoms with E-state index in [4.69, 9.17) is 9.47 Å². The van der Waals surface area contributed by atoms with Crippen LogP contribution in [0.4, 0.5) is 4.39 Å². The molecule has 0 amide bonds. The summed E-state index contributed by atoms with van der Waals surface area (Å²) < 4.78 is 55.2. The van der Waals surface area contributed by atoms with Gasteiger partial charge in [-0.15, -0.1) is 0 Å². The topological polar surface area (TPSA) is 73.7 Å². The van der Waals surface area contributed by atoms with Crippen LogP contribution in [-0.4, -0.2) is 35.6 Å². The van der Waals surface area contributed by atoms with Crippen LogP contribution in [0.25, 0.3) is 11.3 Å². The maximum atomic E-state index is 13.8. The molecule has 9 heteroatoms. The van der Waals surface area contributed by atoms with Crippen molar-refractivity contribution in [1.29, 1.82) is 0 Å². The molecule has 1 atom stereocenters. The average Bonchev–Trinajstić information content (AvgIpc) is 3.68. The van der Waals surface area contributed by atoms with Gasteiger partial charge in [-0.1, -0.05) is 36.4 Å². The summed E-state index contributed by atoms with van der Waals surface area (Å²) in [5.41, 5.74) is 3.86. The number of aryl methyl sites for hydroxylation is 2. The van der Waals surface area contributed by atoms with Gasteiger partial charge in [0.25, 0.3) is 0 Å². The fourth-order valence-corrected chi connectivity index (χ4v) is 6.85. The van der Waals surface area contributed by atoms with Crippen LogP contribution in [0.3, 0.4) is 0 Å².